The van der Waals surface area contributed by atoms with E-state index in [1.54, 1.807) is 6.20 Å². The van der Waals surface area contributed by atoms with Crippen LogP contribution in [0.2, 0.25) is 0 Å². The van der Waals surface area contributed by atoms with Crippen LogP contribution in [-0.2, 0) is 16.6 Å². The minimum Gasteiger partial charge on any atom is -0.253 e. The quantitative estimate of drug-likeness (QED) is 0.792. The van der Waals surface area contributed by atoms with E-state index in [9.17, 15) is 8.42 Å². The van der Waals surface area contributed by atoms with Gasteiger partial charge in [0, 0.05) is 0 Å². The van der Waals surface area contributed by atoms with Crippen LogP contribution < -0.4 is 4.72 Å². The van der Waals surface area contributed by atoms with Crippen LogP contribution in [0.4, 0.5) is 0 Å². The van der Waals surface area contributed by atoms with E-state index in [1.807, 2.05) is 57.2 Å². The molecule has 24 heavy (non-hydrogen) atoms. The lowest BCUT2D eigenvalue weighted by atomic mass is 10.1. The van der Waals surface area contributed by atoms with Crippen molar-refractivity contribution >= 4 is 21.1 Å². The summed E-state index contributed by atoms with van der Waals surface area (Å²) in [7, 11) is -3.61. The number of nitrogens with zero attached hydrogens (tertiary/aromatic N) is 2. The first-order valence-electron chi connectivity index (χ1n) is 7.65. The van der Waals surface area contributed by atoms with Crippen molar-refractivity contribution < 1.29 is 8.42 Å². The Kier molecular flexibility index (Phi) is 4.34. The molecular weight excluding hydrogens is 322 g/mol. The van der Waals surface area contributed by atoms with Gasteiger partial charge in [0.1, 0.15) is 0 Å². The fourth-order valence-electron chi connectivity index (χ4n) is 2.91. The molecule has 0 unspecified atom stereocenters. The number of para-hydroxylation sites is 2. The molecule has 3 aromatic rings. The number of hydrogen-bond acceptors (Lipinski definition) is 4. The highest BCUT2D eigenvalue weighted by Crippen LogP contribution is 2.21. The molecular formula is C18H19N3O2S. The van der Waals surface area contributed by atoms with Crippen LogP contribution in [0.5, 0.6) is 0 Å². The Morgan fingerprint density at radius 3 is 2.29 bits per heavy atom. The largest absolute Gasteiger partial charge is 0.253 e. The zero-order valence-corrected chi connectivity index (χ0v) is 14.7. The summed E-state index contributed by atoms with van der Waals surface area (Å²) in [6.45, 7) is 5.68. The monoisotopic (exact) mass is 341 g/mol. The lowest BCUT2D eigenvalue weighted by Gasteiger charge is -2.13. The van der Waals surface area contributed by atoms with Gasteiger partial charge in [0.05, 0.1) is 34.4 Å². The number of rotatable bonds is 4. The van der Waals surface area contributed by atoms with Crippen molar-refractivity contribution in [1.82, 2.24) is 14.7 Å². The molecule has 0 saturated heterocycles. The van der Waals surface area contributed by atoms with E-state index in [4.69, 9.17) is 0 Å². The van der Waals surface area contributed by atoms with Crippen molar-refractivity contribution in [1.29, 1.82) is 0 Å². The van der Waals surface area contributed by atoms with Gasteiger partial charge in [0.2, 0.25) is 10.0 Å². The molecule has 0 spiro atoms. The smallest absolute Gasteiger partial charge is 0.241 e. The van der Waals surface area contributed by atoms with Gasteiger partial charge in [-0.15, -0.1) is 0 Å². The van der Waals surface area contributed by atoms with E-state index in [0.29, 0.717) is 10.6 Å². The molecule has 0 saturated carbocycles. The fraction of sp³-hybridized carbons (Fsp3) is 0.222. The summed E-state index contributed by atoms with van der Waals surface area (Å²) in [6, 6.07) is 11.2. The van der Waals surface area contributed by atoms with E-state index in [-0.39, 0.29) is 6.54 Å². The molecule has 1 heterocycles. The average Bonchev–Trinajstić information content (AvgIpc) is 2.51. The summed E-state index contributed by atoms with van der Waals surface area (Å²) in [5.41, 5.74) is 4.64. The average molecular weight is 341 g/mol. The molecule has 1 N–H and O–H groups in total. The SMILES string of the molecule is Cc1cc(C)c(S(=O)(=O)NCc2cnc3ccccc3n2)c(C)c1. The standard InChI is InChI=1S/C18H19N3O2S/c1-12-8-13(2)18(14(3)9-12)24(22,23)20-11-15-10-19-16-6-4-5-7-17(16)21-15/h4-10,20H,11H2,1-3H3. The number of benzene rings is 2. The zero-order valence-electron chi connectivity index (χ0n) is 13.9. The molecule has 0 aliphatic carbocycles. The fourth-order valence-corrected chi connectivity index (χ4v) is 4.36. The zero-order chi connectivity index (χ0) is 17.3. The predicted molar refractivity (Wildman–Crippen MR) is 94.2 cm³/mol. The number of sulfonamides is 1. The summed E-state index contributed by atoms with van der Waals surface area (Å²) in [5, 5.41) is 0. The summed E-state index contributed by atoms with van der Waals surface area (Å²) in [6.07, 6.45) is 1.60. The van der Waals surface area contributed by atoms with Gasteiger partial charge >= 0.3 is 0 Å². The Bertz CT molecular complexity index is 991. The summed E-state index contributed by atoms with van der Waals surface area (Å²) < 4.78 is 28.0. The summed E-state index contributed by atoms with van der Waals surface area (Å²) in [4.78, 5) is 9.08. The van der Waals surface area contributed by atoms with Crippen LogP contribution in [0.1, 0.15) is 22.4 Å². The number of nitrogens with one attached hydrogen (secondary N) is 1. The molecule has 0 aliphatic heterocycles. The maximum atomic E-state index is 12.7. The lowest BCUT2D eigenvalue weighted by Crippen LogP contribution is -2.25. The van der Waals surface area contributed by atoms with E-state index in [1.165, 1.54) is 0 Å². The third-order valence-electron chi connectivity index (χ3n) is 3.82. The molecule has 0 amide bonds. The van der Waals surface area contributed by atoms with Crippen LogP contribution in [-0.4, -0.2) is 18.4 Å². The second kappa shape index (κ2) is 6.30. The van der Waals surface area contributed by atoms with Gasteiger partial charge in [-0.25, -0.2) is 18.1 Å². The number of fused-ring (bicyclic) bond motifs is 1. The molecule has 3 rings (SSSR count). The molecule has 0 bridgehead atoms. The number of hydrogen-bond donors (Lipinski definition) is 1. The molecule has 2 aromatic carbocycles. The topological polar surface area (TPSA) is 72.0 Å². The molecule has 0 atom stereocenters. The van der Waals surface area contributed by atoms with Crippen LogP contribution in [0.3, 0.4) is 0 Å². The van der Waals surface area contributed by atoms with Crippen molar-refractivity contribution in [2.75, 3.05) is 0 Å². The van der Waals surface area contributed by atoms with Gasteiger partial charge in [-0.2, -0.15) is 0 Å². The second-order valence-corrected chi connectivity index (χ2v) is 7.61. The Morgan fingerprint density at radius 1 is 1.00 bits per heavy atom. The van der Waals surface area contributed by atoms with Crippen molar-refractivity contribution in [3.63, 3.8) is 0 Å². The molecule has 1 aromatic heterocycles. The Balaban J connectivity index is 1.87. The third kappa shape index (κ3) is 3.29. The highest BCUT2D eigenvalue weighted by molar-refractivity contribution is 7.89. The first kappa shape index (κ1) is 16.5. The minimum absolute atomic E-state index is 0.104. The van der Waals surface area contributed by atoms with Gasteiger partial charge in [0.25, 0.3) is 0 Å². The molecule has 0 radical (unpaired) electrons. The van der Waals surface area contributed by atoms with Gasteiger partial charge in [0.15, 0.2) is 0 Å². The molecule has 124 valence electrons. The van der Waals surface area contributed by atoms with Crippen molar-refractivity contribution in [2.24, 2.45) is 0 Å². The van der Waals surface area contributed by atoms with Crippen molar-refractivity contribution in [2.45, 2.75) is 32.2 Å². The van der Waals surface area contributed by atoms with Gasteiger partial charge in [-0.3, -0.25) is 4.98 Å². The van der Waals surface area contributed by atoms with Crippen molar-refractivity contribution in [3.05, 3.63) is 65.0 Å². The predicted octanol–water partition coefficient (Wildman–Crippen LogP) is 3.03. The van der Waals surface area contributed by atoms with Gasteiger partial charge < -0.3 is 0 Å². The van der Waals surface area contributed by atoms with Crippen LogP contribution in [0.15, 0.2) is 47.5 Å². The molecule has 6 heteroatoms. The van der Waals surface area contributed by atoms with E-state index < -0.39 is 10.0 Å². The highest BCUT2D eigenvalue weighted by Gasteiger charge is 2.19. The maximum Gasteiger partial charge on any atom is 0.241 e. The summed E-state index contributed by atoms with van der Waals surface area (Å²) >= 11 is 0. The number of aromatic nitrogens is 2. The lowest BCUT2D eigenvalue weighted by molar-refractivity contribution is 0.579. The summed E-state index contributed by atoms with van der Waals surface area (Å²) in [5.74, 6) is 0. The van der Waals surface area contributed by atoms with E-state index in [0.717, 1.165) is 27.7 Å². The van der Waals surface area contributed by atoms with Crippen LogP contribution in [0.25, 0.3) is 11.0 Å². The van der Waals surface area contributed by atoms with Gasteiger partial charge in [-0.05, 0) is 44.0 Å². The molecule has 5 nitrogen and oxygen atoms in total. The Morgan fingerprint density at radius 2 is 1.62 bits per heavy atom. The third-order valence-corrected chi connectivity index (χ3v) is 5.52. The molecule has 0 aliphatic rings. The van der Waals surface area contributed by atoms with Crippen molar-refractivity contribution in [3.8, 4) is 0 Å². The Hall–Kier alpha value is -2.31. The highest BCUT2D eigenvalue weighted by atomic mass is 32.2. The first-order chi connectivity index (χ1) is 11.4. The first-order valence-corrected chi connectivity index (χ1v) is 9.13. The molecule has 0 fully saturated rings. The maximum absolute atomic E-state index is 12.7. The van der Waals surface area contributed by atoms with E-state index >= 15 is 0 Å². The van der Waals surface area contributed by atoms with Crippen LogP contribution in [0, 0.1) is 20.8 Å². The minimum atomic E-state index is -3.61. The van der Waals surface area contributed by atoms with Crippen LogP contribution >= 0.6 is 0 Å². The Labute approximate surface area is 141 Å². The second-order valence-electron chi connectivity index (χ2n) is 5.90. The van der Waals surface area contributed by atoms with Gasteiger partial charge in [-0.1, -0.05) is 29.8 Å². The normalized spacial score (nSPS) is 11.8. The number of aryl methyl sites for hydroxylation is 3. The van der Waals surface area contributed by atoms with E-state index in [2.05, 4.69) is 14.7 Å².